The van der Waals surface area contributed by atoms with E-state index in [2.05, 4.69) is 0 Å². The largest absolute Gasteiger partial charge is 0.298 e. The standard InChI is InChI=1S/C11H7ClOS/c12-10-3-1-8(2-4-10)11-9(7-13)5-6-14-11/h1-7H. The summed E-state index contributed by atoms with van der Waals surface area (Å²) in [6.07, 6.45) is 0.875. The molecule has 3 heteroatoms. The summed E-state index contributed by atoms with van der Waals surface area (Å²) < 4.78 is 0. The minimum atomic E-state index is 0.706. The van der Waals surface area contributed by atoms with Crippen molar-refractivity contribution in [2.75, 3.05) is 0 Å². The van der Waals surface area contributed by atoms with Crippen molar-refractivity contribution in [1.82, 2.24) is 0 Å². The van der Waals surface area contributed by atoms with Gasteiger partial charge in [0.05, 0.1) is 0 Å². The van der Waals surface area contributed by atoms with E-state index in [4.69, 9.17) is 11.6 Å². The third kappa shape index (κ3) is 1.72. The van der Waals surface area contributed by atoms with Crippen LogP contribution in [0.3, 0.4) is 0 Å². The minimum Gasteiger partial charge on any atom is -0.298 e. The van der Waals surface area contributed by atoms with Gasteiger partial charge in [-0.2, -0.15) is 0 Å². The van der Waals surface area contributed by atoms with Crippen LogP contribution in [-0.2, 0) is 0 Å². The highest BCUT2D eigenvalue weighted by Gasteiger charge is 2.05. The fourth-order valence-corrected chi connectivity index (χ4v) is 2.25. The van der Waals surface area contributed by atoms with Gasteiger partial charge < -0.3 is 0 Å². The van der Waals surface area contributed by atoms with E-state index in [1.54, 1.807) is 11.3 Å². The highest BCUT2D eigenvalue weighted by molar-refractivity contribution is 7.14. The summed E-state index contributed by atoms with van der Waals surface area (Å²) in [5.74, 6) is 0. The first-order valence-electron chi connectivity index (χ1n) is 4.10. The normalized spacial score (nSPS) is 10.1. The van der Waals surface area contributed by atoms with Gasteiger partial charge in [-0.3, -0.25) is 4.79 Å². The molecule has 0 aliphatic rings. The predicted octanol–water partition coefficient (Wildman–Crippen LogP) is 3.88. The molecule has 0 amide bonds. The van der Waals surface area contributed by atoms with Crippen LogP contribution in [0.25, 0.3) is 10.4 Å². The molecular formula is C11H7ClOS. The molecule has 1 aromatic carbocycles. The van der Waals surface area contributed by atoms with Gasteiger partial charge in [0.15, 0.2) is 6.29 Å². The van der Waals surface area contributed by atoms with Crippen molar-refractivity contribution >= 4 is 29.2 Å². The van der Waals surface area contributed by atoms with Crippen LogP contribution < -0.4 is 0 Å². The van der Waals surface area contributed by atoms with E-state index in [9.17, 15) is 4.79 Å². The predicted molar refractivity (Wildman–Crippen MR) is 60.2 cm³/mol. The molecule has 0 saturated heterocycles. The smallest absolute Gasteiger partial charge is 0.151 e. The second kappa shape index (κ2) is 3.95. The van der Waals surface area contributed by atoms with Crippen molar-refractivity contribution in [1.29, 1.82) is 0 Å². The lowest BCUT2D eigenvalue weighted by atomic mass is 10.1. The Labute approximate surface area is 91.0 Å². The highest BCUT2D eigenvalue weighted by Crippen LogP contribution is 2.29. The summed E-state index contributed by atoms with van der Waals surface area (Å²) in [7, 11) is 0. The van der Waals surface area contributed by atoms with Crippen LogP contribution in [0.4, 0.5) is 0 Å². The minimum absolute atomic E-state index is 0.706. The molecule has 1 aromatic heterocycles. The number of carbonyl (C=O) groups excluding carboxylic acids is 1. The van der Waals surface area contributed by atoms with E-state index in [1.807, 2.05) is 35.7 Å². The molecule has 70 valence electrons. The first kappa shape index (κ1) is 9.44. The molecule has 1 heterocycles. The Morgan fingerprint density at radius 1 is 1.14 bits per heavy atom. The van der Waals surface area contributed by atoms with Crippen LogP contribution in [0, 0.1) is 0 Å². The number of benzene rings is 1. The first-order valence-corrected chi connectivity index (χ1v) is 5.35. The van der Waals surface area contributed by atoms with Gasteiger partial charge in [-0.25, -0.2) is 0 Å². The molecule has 0 aliphatic heterocycles. The molecule has 0 spiro atoms. The zero-order valence-electron chi connectivity index (χ0n) is 7.24. The Hall–Kier alpha value is -1.12. The molecule has 0 unspecified atom stereocenters. The average Bonchev–Trinajstić information content (AvgIpc) is 2.67. The van der Waals surface area contributed by atoms with E-state index in [-0.39, 0.29) is 0 Å². The quantitative estimate of drug-likeness (QED) is 0.705. The maximum absolute atomic E-state index is 10.7. The number of rotatable bonds is 2. The topological polar surface area (TPSA) is 17.1 Å². The van der Waals surface area contributed by atoms with E-state index >= 15 is 0 Å². The fraction of sp³-hybridized carbons (Fsp3) is 0. The number of hydrogen-bond donors (Lipinski definition) is 0. The van der Waals surface area contributed by atoms with Crippen LogP contribution in [0.2, 0.25) is 5.02 Å². The van der Waals surface area contributed by atoms with Gasteiger partial charge in [0, 0.05) is 15.5 Å². The zero-order chi connectivity index (χ0) is 9.97. The van der Waals surface area contributed by atoms with Crippen molar-refractivity contribution in [3.8, 4) is 10.4 Å². The van der Waals surface area contributed by atoms with Gasteiger partial charge in [0.1, 0.15) is 0 Å². The summed E-state index contributed by atoms with van der Waals surface area (Å²) >= 11 is 7.34. The number of carbonyl (C=O) groups is 1. The van der Waals surface area contributed by atoms with Gasteiger partial charge in [0.2, 0.25) is 0 Å². The van der Waals surface area contributed by atoms with Gasteiger partial charge in [-0.05, 0) is 29.1 Å². The van der Waals surface area contributed by atoms with Crippen molar-refractivity contribution in [3.63, 3.8) is 0 Å². The number of thiophene rings is 1. The SMILES string of the molecule is O=Cc1ccsc1-c1ccc(Cl)cc1. The molecule has 14 heavy (non-hydrogen) atoms. The van der Waals surface area contributed by atoms with Gasteiger partial charge in [-0.15, -0.1) is 11.3 Å². The zero-order valence-corrected chi connectivity index (χ0v) is 8.81. The van der Waals surface area contributed by atoms with Gasteiger partial charge >= 0.3 is 0 Å². The molecule has 0 atom stereocenters. The van der Waals surface area contributed by atoms with Crippen molar-refractivity contribution in [2.24, 2.45) is 0 Å². The number of halogens is 1. The fourth-order valence-electron chi connectivity index (χ4n) is 1.25. The lowest BCUT2D eigenvalue weighted by Crippen LogP contribution is -1.79. The molecule has 0 fully saturated rings. The van der Waals surface area contributed by atoms with Crippen LogP contribution in [0.5, 0.6) is 0 Å². The molecule has 2 rings (SSSR count). The van der Waals surface area contributed by atoms with Crippen LogP contribution >= 0.6 is 22.9 Å². The molecule has 0 radical (unpaired) electrons. The summed E-state index contributed by atoms with van der Waals surface area (Å²) in [6, 6.07) is 9.31. The Morgan fingerprint density at radius 2 is 1.86 bits per heavy atom. The van der Waals surface area contributed by atoms with Crippen LogP contribution in [0.15, 0.2) is 35.7 Å². The van der Waals surface area contributed by atoms with Crippen LogP contribution in [-0.4, -0.2) is 6.29 Å². The highest BCUT2D eigenvalue weighted by atomic mass is 35.5. The molecule has 1 nitrogen and oxygen atoms in total. The van der Waals surface area contributed by atoms with Crippen LogP contribution in [0.1, 0.15) is 10.4 Å². The Balaban J connectivity index is 2.49. The van der Waals surface area contributed by atoms with Crippen molar-refractivity contribution in [3.05, 3.63) is 46.3 Å². The number of hydrogen-bond acceptors (Lipinski definition) is 2. The molecule has 0 saturated carbocycles. The maximum Gasteiger partial charge on any atom is 0.151 e. The Kier molecular flexibility index (Phi) is 2.66. The van der Waals surface area contributed by atoms with E-state index in [0.717, 1.165) is 22.3 Å². The summed E-state index contributed by atoms with van der Waals surface area (Å²) in [5.41, 5.74) is 1.77. The van der Waals surface area contributed by atoms with Gasteiger partial charge in [0.25, 0.3) is 0 Å². The molecular weight excluding hydrogens is 216 g/mol. The maximum atomic E-state index is 10.7. The van der Waals surface area contributed by atoms with E-state index in [1.165, 1.54) is 0 Å². The summed E-state index contributed by atoms with van der Waals surface area (Å²) in [5, 5.41) is 2.62. The van der Waals surface area contributed by atoms with Gasteiger partial charge in [-0.1, -0.05) is 23.7 Å². The first-order chi connectivity index (χ1) is 6.81. The lowest BCUT2D eigenvalue weighted by Gasteiger charge is -1.98. The van der Waals surface area contributed by atoms with Crippen molar-refractivity contribution < 1.29 is 4.79 Å². The Morgan fingerprint density at radius 3 is 2.50 bits per heavy atom. The molecule has 2 aromatic rings. The monoisotopic (exact) mass is 222 g/mol. The second-order valence-electron chi connectivity index (χ2n) is 2.83. The number of aldehydes is 1. The summed E-state index contributed by atoms with van der Waals surface area (Å²) in [6.45, 7) is 0. The Bertz CT molecular complexity index is 445. The third-order valence-corrected chi connectivity index (χ3v) is 3.16. The molecule has 0 N–H and O–H groups in total. The van der Waals surface area contributed by atoms with Crippen molar-refractivity contribution in [2.45, 2.75) is 0 Å². The average molecular weight is 223 g/mol. The second-order valence-corrected chi connectivity index (χ2v) is 4.18. The van der Waals surface area contributed by atoms with E-state index < -0.39 is 0 Å². The van der Waals surface area contributed by atoms with E-state index in [0.29, 0.717) is 5.02 Å². The molecule has 0 aliphatic carbocycles. The lowest BCUT2D eigenvalue weighted by molar-refractivity contribution is 0.112. The molecule has 0 bridgehead atoms. The third-order valence-electron chi connectivity index (χ3n) is 1.93. The summed E-state index contributed by atoms with van der Waals surface area (Å²) in [4.78, 5) is 11.7.